The van der Waals surface area contributed by atoms with E-state index >= 15 is 0 Å². The maximum atomic E-state index is 11.4. The normalized spacial score (nSPS) is 11.1. The topological polar surface area (TPSA) is 54.0 Å². The van der Waals surface area contributed by atoms with E-state index < -0.39 is 0 Å². The molecule has 0 aliphatic heterocycles. The Labute approximate surface area is 103 Å². The van der Waals surface area contributed by atoms with Gasteiger partial charge in [-0.15, -0.1) is 0 Å². The van der Waals surface area contributed by atoms with E-state index in [9.17, 15) is 4.79 Å². The zero-order valence-corrected chi connectivity index (χ0v) is 10.8. The zero-order chi connectivity index (χ0) is 12.0. The molecule has 0 saturated heterocycles. The van der Waals surface area contributed by atoms with Gasteiger partial charge in [-0.1, -0.05) is 28.4 Å². The summed E-state index contributed by atoms with van der Waals surface area (Å²) in [6, 6.07) is 3.23. The number of halogens is 1. The first-order chi connectivity index (χ1) is 7.61. The molecular formula is C11H14BrN3O. The van der Waals surface area contributed by atoms with Crippen LogP contribution in [0.3, 0.4) is 0 Å². The van der Waals surface area contributed by atoms with Crippen LogP contribution in [0.15, 0.2) is 34.6 Å². The number of urea groups is 1. The number of nitrogens with one attached hydrogen (secondary N) is 2. The van der Waals surface area contributed by atoms with E-state index in [1.54, 1.807) is 24.5 Å². The maximum absolute atomic E-state index is 11.4. The third kappa shape index (κ3) is 4.44. The molecule has 4 nitrogen and oxygen atoms in total. The van der Waals surface area contributed by atoms with Crippen molar-refractivity contribution in [2.24, 2.45) is 0 Å². The second-order valence-electron chi connectivity index (χ2n) is 3.30. The monoisotopic (exact) mass is 283 g/mol. The van der Waals surface area contributed by atoms with Crippen LogP contribution in [0.25, 0.3) is 0 Å². The minimum absolute atomic E-state index is 0.293. The first-order valence-electron chi connectivity index (χ1n) is 4.96. The summed E-state index contributed by atoms with van der Waals surface area (Å²) in [4.78, 5) is 15.4. The Morgan fingerprint density at radius 3 is 3.00 bits per heavy atom. The van der Waals surface area contributed by atoms with E-state index in [1.807, 2.05) is 13.8 Å². The van der Waals surface area contributed by atoms with Crippen molar-refractivity contribution in [1.82, 2.24) is 10.3 Å². The van der Waals surface area contributed by atoms with E-state index in [0.717, 1.165) is 16.5 Å². The fourth-order valence-corrected chi connectivity index (χ4v) is 1.25. The number of nitrogens with zero attached hydrogens (tertiary/aromatic N) is 1. The Morgan fingerprint density at radius 2 is 2.38 bits per heavy atom. The number of carbonyl (C=O) groups excluding carboxylic acids is 1. The molecule has 1 heterocycles. The summed E-state index contributed by atoms with van der Waals surface area (Å²) in [6.07, 6.45) is 4.22. The minimum Gasteiger partial charge on any atom is -0.314 e. The number of hydrogen-bond donors (Lipinski definition) is 2. The van der Waals surface area contributed by atoms with E-state index in [2.05, 4.69) is 31.5 Å². The van der Waals surface area contributed by atoms with Crippen LogP contribution in [-0.2, 0) is 0 Å². The minimum atomic E-state index is -0.293. The number of hydrogen-bond acceptors (Lipinski definition) is 2. The molecule has 86 valence electrons. The molecular weight excluding hydrogens is 270 g/mol. The van der Waals surface area contributed by atoms with Gasteiger partial charge in [-0.25, -0.2) is 9.78 Å². The molecule has 0 bridgehead atoms. The van der Waals surface area contributed by atoms with Crippen LogP contribution in [-0.4, -0.2) is 11.0 Å². The lowest BCUT2D eigenvalue weighted by atomic mass is 10.3. The van der Waals surface area contributed by atoms with Crippen molar-refractivity contribution in [2.45, 2.75) is 20.3 Å². The van der Waals surface area contributed by atoms with Gasteiger partial charge in [-0.2, -0.15) is 0 Å². The number of pyridine rings is 1. The fourth-order valence-electron chi connectivity index (χ4n) is 0.916. The van der Waals surface area contributed by atoms with Crippen molar-refractivity contribution in [3.05, 3.63) is 34.6 Å². The van der Waals surface area contributed by atoms with Gasteiger partial charge >= 0.3 is 6.03 Å². The van der Waals surface area contributed by atoms with Crippen molar-refractivity contribution in [3.63, 3.8) is 0 Å². The highest BCUT2D eigenvalue weighted by Gasteiger charge is 2.00. The highest BCUT2D eigenvalue weighted by Crippen LogP contribution is 2.12. The molecule has 1 rings (SSSR count). The van der Waals surface area contributed by atoms with Crippen LogP contribution in [0.2, 0.25) is 0 Å². The third-order valence-corrected chi connectivity index (χ3v) is 2.46. The lowest BCUT2D eigenvalue weighted by molar-refractivity contribution is 0.255. The van der Waals surface area contributed by atoms with Gasteiger partial charge < -0.3 is 5.32 Å². The summed E-state index contributed by atoms with van der Waals surface area (Å²) in [5.41, 5.74) is 1.11. The van der Waals surface area contributed by atoms with Gasteiger partial charge in [0, 0.05) is 16.9 Å². The van der Waals surface area contributed by atoms with Crippen LogP contribution in [0.1, 0.15) is 20.3 Å². The molecule has 0 unspecified atom stereocenters. The van der Waals surface area contributed by atoms with Crippen LogP contribution in [0.5, 0.6) is 0 Å². The number of amides is 2. The second kappa shape index (κ2) is 6.27. The van der Waals surface area contributed by atoms with Crippen LogP contribution >= 0.6 is 15.9 Å². The van der Waals surface area contributed by atoms with Gasteiger partial charge in [0.05, 0.1) is 0 Å². The number of aromatic nitrogens is 1. The smallest absolute Gasteiger partial charge is 0.314 e. The van der Waals surface area contributed by atoms with Crippen molar-refractivity contribution in [1.29, 1.82) is 0 Å². The molecule has 0 fully saturated rings. The van der Waals surface area contributed by atoms with Gasteiger partial charge in [0.15, 0.2) is 0 Å². The molecule has 16 heavy (non-hydrogen) atoms. The molecule has 2 amide bonds. The van der Waals surface area contributed by atoms with E-state index in [-0.39, 0.29) is 6.03 Å². The first kappa shape index (κ1) is 12.7. The average molecular weight is 284 g/mol. The van der Waals surface area contributed by atoms with Gasteiger partial charge in [-0.05, 0) is 25.5 Å². The molecule has 2 N–H and O–H groups in total. The molecule has 0 atom stereocenters. The number of rotatable bonds is 3. The quantitative estimate of drug-likeness (QED) is 0.895. The average Bonchev–Trinajstić information content (AvgIpc) is 2.26. The van der Waals surface area contributed by atoms with E-state index in [4.69, 9.17) is 0 Å². The zero-order valence-electron chi connectivity index (χ0n) is 9.25. The summed E-state index contributed by atoms with van der Waals surface area (Å²) < 4.78 is 0.873. The number of allylic oxidation sites excluding steroid dienone is 1. The molecule has 0 spiro atoms. The largest absolute Gasteiger partial charge is 0.324 e. The highest BCUT2D eigenvalue weighted by molar-refractivity contribution is 9.10. The van der Waals surface area contributed by atoms with Gasteiger partial charge in [0.1, 0.15) is 5.82 Å². The molecule has 0 saturated carbocycles. The van der Waals surface area contributed by atoms with Crippen molar-refractivity contribution in [2.75, 3.05) is 5.32 Å². The molecule has 0 aliphatic rings. The SMILES string of the molecule is CC/C(C)=C/NC(=O)Nc1cc(Br)ccn1. The van der Waals surface area contributed by atoms with Crippen molar-refractivity contribution < 1.29 is 4.79 Å². The Hall–Kier alpha value is -1.36. The van der Waals surface area contributed by atoms with Gasteiger partial charge in [0.2, 0.25) is 0 Å². The summed E-state index contributed by atoms with van der Waals surface area (Å²) in [5, 5.41) is 5.26. The van der Waals surface area contributed by atoms with Gasteiger partial charge in [-0.3, -0.25) is 5.32 Å². The van der Waals surface area contributed by atoms with E-state index in [1.165, 1.54) is 0 Å². The van der Waals surface area contributed by atoms with Crippen molar-refractivity contribution in [3.8, 4) is 0 Å². The lowest BCUT2D eigenvalue weighted by Gasteiger charge is -2.04. The Balaban J connectivity index is 2.52. The summed E-state index contributed by atoms with van der Waals surface area (Å²) in [5.74, 6) is 0.509. The second-order valence-corrected chi connectivity index (χ2v) is 4.22. The van der Waals surface area contributed by atoms with Crippen molar-refractivity contribution >= 4 is 27.8 Å². The third-order valence-electron chi connectivity index (χ3n) is 1.97. The Kier molecular flexibility index (Phi) is 4.98. The number of anilines is 1. The standard InChI is InChI=1S/C11H14BrN3O/c1-3-8(2)7-14-11(16)15-10-6-9(12)4-5-13-10/h4-7H,3H2,1-2H3,(H2,13,14,15,16)/b8-7+. The Morgan fingerprint density at radius 1 is 1.62 bits per heavy atom. The highest BCUT2D eigenvalue weighted by atomic mass is 79.9. The first-order valence-corrected chi connectivity index (χ1v) is 5.76. The summed E-state index contributed by atoms with van der Waals surface area (Å²) >= 11 is 3.30. The molecule has 1 aromatic rings. The predicted octanol–water partition coefficient (Wildman–Crippen LogP) is 3.28. The molecule has 1 aromatic heterocycles. The summed E-state index contributed by atoms with van der Waals surface area (Å²) in [6.45, 7) is 3.99. The molecule has 0 aromatic carbocycles. The van der Waals surface area contributed by atoms with E-state index in [0.29, 0.717) is 5.82 Å². The molecule has 5 heteroatoms. The molecule has 0 radical (unpaired) electrons. The van der Waals surface area contributed by atoms with Gasteiger partial charge in [0.25, 0.3) is 0 Å². The lowest BCUT2D eigenvalue weighted by Crippen LogP contribution is -2.24. The van der Waals surface area contributed by atoms with Crippen LogP contribution in [0, 0.1) is 0 Å². The summed E-state index contributed by atoms with van der Waals surface area (Å²) in [7, 11) is 0. The Bertz CT molecular complexity index is 404. The number of carbonyl (C=O) groups is 1. The van der Waals surface area contributed by atoms with Crippen LogP contribution < -0.4 is 10.6 Å². The molecule has 0 aliphatic carbocycles. The maximum Gasteiger partial charge on any atom is 0.324 e. The predicted molar refractivity (Wildman–Crippen MR) is 68.1 cm³/mol. The fraction of sp³-hybridized carbons (Fsp3) is 0.273. The van der Waals surface area contributed by atoms with Crippen LogP contribution in [0.4, 0.5) is 10.6 Å².